The largest absolute Gasteiger partial charge is 0.497 e. The average molecular weight is 305 g/mol. The van der Waals surface area contributed by atoms with Crippen molar-refractivity contribution in [3.63, 3.8) is 0 Å². The van der Waals surface area contributed by atoms with Gasteiger partial charge in [-0.1, -0.05) is 6.08 Å². The summed E-state index contributed by atoms with van der Waals surface area (Å²) in [5.41, 5.74) is 3.51. The van der Waals surface area contributed by atoms with E-state index < -0.39 is 0 Å². The number of benzene rings is 1. The number of fused-ring (bicyclic) bond motifs is 1. The molecule has 0 saturated heterocycles. The van der Waals surface area contributed by atoms with Crippen molar-refractivity contribution >= 4 is 30.2 Å². The molecule has 0 spiro atoms. The summed E-state index contributed by atoms with van der Waals surface area (Å²) >= 11 is 4.47. The normalized spacial score (nSPS) is 16.2. The van der Waals surface area contributed by atoms with Crippen LogP contribution in [0.3, 0.4) is 0 Å². The van der Waals surface area contributed by atoms with Crippen LogP contribution in [0.25, 0.3) is 5.57 Å². The van der Waals surface area contributed by atoms with Gasteiger partial charge < -0.3 is 14.4 Å². The number of ether oxygens (including phenoxy) is 1. The molecule has 1 aliphatic heterocycles. The highest BCUT2D eigenvalue weighted by Gasteiger charge is 2.31. The van der Waals surface area contributed by atoms with Crippen LogP contribution in [0.2, 0.25) is 0 Å². The van der Waals surface area contributed by atoms with Gasteiger partial charge in [0.25, 0.3) is 0 Å². The minimum atomic E-state index is -0.0969. The fourth-order valence-electron chi connectivity index (χ4n) is 2.90. The zero-order chi connectivity index (χ0) is 15.5. The lowest BCUT2D eigenvalue weighted by atomic mass is 9.88. The van der Waals surface area contributed by atoms with Crippen molar-refractivity contribution in [1.82, 2.24) is 0 Å². The molecule has 1 aliphatic rings. The van der Waals surface area contributed by atoms with Crippen LogP contribution >= 0.6 is 12.6 Å². The Morgan fingerprint density at radius 2 is 2.14 bits per heavy atom. The molecule has 0 fully saturated rings. The molecule has 0 radical (unpaired) electrons. The van der Waals surface area contributed by atoms with Gasteiger partial charge in [-0.3, -0.25) is 0 Å². The molecule has 2 rings (SSSR count). The molecule has 114 valence electrons. The Morgan fingerprint density at radius 3 is 2.76 bits per heavy atom. The summed E-state index contributed by atoms with van der Waals surface area (Å²) in [7, 11) is 1.68. The van der Waals surface area contributed by atoms with Gasteiger partial charge in [0.2, 0.25) is 0 Å². The average Bonchev–Trinajstić information content (AvgIpc) is 2.48. The Hall–Kier alpha value is -1.42. The second kappa shape index (κ2) is 6.56. The second-order valence-electron chi connectivity index (χ2n) is 5.82. The first kappa shape index (κ1) is 16.0. The molecule has 0 aliphatic carbocycles. The maximum atomic E-state index is 10.6. The predicted molar refractivity (Wildman–Crippen MR) is 91.5 cm³/mol. The zero-order valence-corrected chi connectivity index (χ0v) is 13.8. The van der Waals surface area contributed by atoms with E-state index in [9.17, 15) is 4.79 Å². The van der Waals surface area contributed by atoms with Crippen LogP contribution in [-0.2, 0) is 4.79 Å². The van der Waals surface area contributed by atoms with E-state index in [2.05, 4.69) is 49.6 Å². The first-order valence-electron chi connectivity index (χ1n) is 7.25. The number of hydrogen-bond donors (Lipinski definition) is 1. The van der Waals surface area contributed by atoms with Gasteiger partial charge in [0, 0.05) is 36.0 Å². The number of carbonyl (C=O) groups is 1. The van der Waals surface area contributed by atoms with Crippen LogP contribution in [-0.4, -0.2) is 31.2 Å². The smallest absolute Gasteiger partial charge is 0.120 e. The highest BCUT2D eigenvalue weighted by molar-refractivity contribution is 7.80. The number of unbranched alkanes of at least 4 members (excludes halogenated alkanes) is 1. The van der Waals surface area contributed by atoms with Gasteiger partial charge >= 0.3 is 0 Å². The standard InChI is InChI=1S/C17H23NO2S/c1-17(2)11-13(12-21)15-7-6-14(20-3)10-16(15)18(17)8-4-5-9-19/h6-7,9-11,21H,4-5,8,12H2,1-3H3. The summed E-state index contributed by atoms with van der Waals surface area (Å²) in [6, 6.07) is 6.16. The zero-order valence-electron chi connectivity index (χ0n) is 12.9. The van der Waals surface area contributed by atoms with E-state index in [0.29, 0.717) is 12.2 Å². The molecule has 1 heterocycles. The first-order chi connectivity index (χ1) is 10.0. The molecule has 0 unspecified atom stereocenters. The summed E-state index contributed by atoms with van der Waals surface area (Å²) in [4.78, 5) is 12.9. The third kappa shape index (κ3) is 3.26. The van der Waals surface area contributed by atoms with Crippen molar-refractivity contribution in [1.29, 1.82) is 0 Å². The minimum Gasteiger partial charge on any atom is -0.497 e. The van der Waals surface area contributed by atoms with E-state index >= 15 is 0 Å². The maximum Gasteiger partial charge on any atom is 0.120 e. The third-order valence-electron chi connectivity index (χ3n) is 3.94. The summed E-state index contributed by atoms with van der Waals surface area (Å²) in [5, 5.41) is 0. The molecular weight excluding hydrogens is 282 g/mol. The molecule has 0 saturated carbocycles. The summed E-state index contributed by atoms with van der Waals surface area (Å²) < 4.78 is 5.37. The topological polar surface area (TPSA) is 29.5 Å². The number of carbonyl (C=O) groups excluding carboxylic acids is 1. The fourth-order valence-corrected chi connectivity index (χ4v) is 3.16. The highest BCUT2D eigenvalue weighted by Crippen LogP contribution is 2.41. The van der Waals surface area contributed by atoms with Gasteiger partial charge in [0.15, 0.2) is 0 Å². The van der Waals surface area contributed by atoms with Crippen LogP contribution in [0.1, 0.15) is 32.3 Å². The first-order valence-corrected chi connectivity index (χ1v) is 7.89. The van der Waals surface area contributed by atoms with Gasteiger partial charge in [0.1, 0.15) is 12.0 Å². The number of anilines is 1. The second-order valence-corrected chi connectivity index (χ2v) is 6.14. The van der Waals surface area contributed by atoms with E-state index in [1.165, 1.54) is 11.1 Å². The van der Waals surface area contributed by atoms with E-state index in [1.807, 2.05) is 6.07 Å². The van der Waals surface area contributed by atoms with E-state index in [0.717, 1.165) is 30.7 Å². The number of nitrogens with zero attached hydrogens (tertiary/aromatic N) is 1. The van der Waals surface area contributed by atoms with Crippen molar-refractivity contribution < 1.29 is 9.53 Å². The molecule has 1 aromatic carbocycles. The summed E-state index contributed by atoms with van der Waals surface area (Å²) in [6.45, 7) is 5.24. The van der Waals surface area contributed by atoms with Crippen molar-refractivity contribution in [2.75, 3.05) is 24.3 Å². The van der Waals surface area contributed by atoms with Gasteiger partial charge in [-0.05, 0) is 38.0 Å². The monoisotopic (exact) mass is 305 g/mol. The minimum absolute atomic E-state index is 0.0969. The van der Waals surface area contributed by atoms with E-state index in [4.69, 9.17) is 4.74 Å². The Kier molecular flexibility index (Phi) is 4.99. The third-order valence-corrected chi connectivity index (χ3v) is 4.28. The predicted octanol–water partition coefficient (Wildman–Crippen LogP) is 3.59. The van der Waals surface area contributed by atoms with Gasteiger partial charge in [-0.2, -0.15) is 12.6 Å². The maximum absolute atomic E-state index is 10.6. The Balaban J connectivity index is 2.45. The molecule has 0 amide bonds. The number of rotatable bonds is 6. The summed E-state index contributed by atoms with van der Waals surface area (Å²) in [5.74, 6) is 1.57. The van der Waals surface area contributed by atoms with Gasteiger partial charge in [-0.25, -0.2) is 0 Å². The number of aldehydes is 1. The summed E-state index contributed by atoms with van der Waals surface area (Å²) in [6.07, 6.45) is 4.71. The molecule has 1 aromatic rings. The molecule has 3 nitrogen and oxygen atoms in total. The van der Waals surface area contributed by atoms with Crippen LogP contribution in [0.15, 0.2) is 24.3 Å². The lowest BCUT2D eigenvalue weighted by Gasteiger charge is -2.43. The number of hydrogen-bond acceptors (Lipinski definition) is 4. The lowest BCUT2D eigenvalue weighted by molar-refractivity contribution is -0.107. The number of thiol groups is 1. The fraction of sp³-hybridized carbons (Fsp3) is 0.471. The Morgan fingerprint density at radius 1 is 1.38 bits per heavy atom. The van der Waals surface area contributed by atoms with E-state index in [-0.39, 0.29) is 5.54 Å². The van der Waals surface area contributed by atoms with Crippen LogP contribution < -0.4 is 9.64 Å². The SMILES string of the molecule is COc1ccc2c(c1)N(CCCC=O)C(C)(C)C=C2CS. The van der Waals surface area contributed by atoms with Gasteiger partial charge in [-0.15, -0.1) is 0 Å². The van der Waals surface area contributed by atoms with Crippen molar-refractivity contribution in [3.05, 3.63) is 29.8 Å². The quantitative estimate of drug-likeness (QED) is 0.495. The van der Waals surface area contributed by atoms with Crippen LogP contribution in [0.5, 0.6) is 5.75 Å². The molecule has 21 heavy (non-hydrogen) atoms. The van der Waals surface area contributed by atoms with Crippen molar-refractivity contribution in [3.8, 4) is 5.75 Å². The molecule has 0 aromatic heterocycles. The molecular formula is C17H23NO2S. The number of methoxy groups -OCH3 is 1. The van der Waals surface area contributed by atoms with Crippen molar-refractivity contribution in [2.45, 2.75) is 32.2 Å². The van der Waals surface area contributed by atoms with Crippen LogP contribution in [0.4, 0.5) is 5.69 Å². The molecule has 0 N–H and O–H groups in total. The lowest BCUT2D eigenvalue weighted by Crippen LogP contribution is -2.45. The van der Waals surface area contributed by atoms with Crippen molar-refractivity contribution in [2.24, 2.45) is 0 Å². The Bertz CT molecular complexity index is 552. The van der Waals surface area contributed by atoms with Gasteiger partial charge in [0.05, 0.1) is 12.6 Å². The molecule has 0 bridgehead atoms. The molecule has 4 heteroatoms. The highest BCUT2D eigenvalue weighted by atomic mass is 32.1. The van der Waals surface area contributed by atoms with Crippen LogP contribution in [0, 0.1) is 0 Å². The molecule has 0 atom stereocenters. The Labute approximate surface area is 132 Å². The van der Waals surface area contributed by atoms with E-state index in [1.54, 1.807) is 7.11 Å².